The third kappa shape index (κ3) is 2.25. The number of aryl methyl sites for hydroxylation is 1. The van der Waals surface area contributed by atoms with Crippen LogP contribution >= 0.6 is 0 Å². The summed E-state index contributed by atoms with van der Waals surface area (Å²) in [6.45, 7) is 5.49. The quantitative estimate of drug-likeness (QED) is 0.843. The van der Waals surface area contributed by atoms with Crippen LogP contribution in [-0.2, 0) is 6.54 Å². The highest BCUT2D eigenvalue weighted by atomic mass is 16.5. The Morgan fingerprint density at radius 3 is 3.06 bits per heavy atom. The first kappa shape index (κ1) is 10.8. The van der Waals surface area contributed by atoms with Gasteiger partial charge in [0.2, 0.25) is 11.7 Å². The van der Waals surface area contributed by atoms with Gasteiger partial charge < -0.3 is 9.84 Å². The van der Waals surface area contributed by atoms with Crippen molar-refractivity contribution >= 4 is 0 Å². The van der Waals surface area contributed by atoms with Crippen LogP contribution in [0.3, 0.4) is 0 Å². The molecule has 84 valence electrons. The van der Waals surface area contributed by atoms with Crippen molar-refractivity contribution in [1.29, 1.82) is 0 Å². The molecule has 5 nitrogen and oxygen atoms in total. The second kappa shape index (κ2) is 4.85. The van der Waals surface area contributed by atoms with Gasteiger partial charge in [-0.1, -0.05) is 12.1 Å². The van der Waals surface area contributed by atoms with Gasteiger partial charge in [0.25, 0.3) is 0 Å². The van der Waals surface area contributed by atoms with Gasteiger partial charge in [-0.25, -0.2) is 0 Å². The summed E-state index contributed by atoms with van der Waals surface area (Å²) in [5.74, 6) is 1.22. The summed E-state index contributed by atoms with van der Waals surface area (Å²) in [5.41, 5.74) is 2.00. The lowest BCUT2D eigenvalue weighted by molar-refractivity contribution is 0.369. The van der Waals surface area contributed by atoms with Crippen molar-refractivity contribution in [3.8, 4) is 11.4 Å². The minimum atomic E-state index is 0.605. The first-order valence-corrected chi connectivity index (χ1v) is 5.25. The van der Waals surface area contributed by atoms with E-state index in [1.54, 1.807) is 12.4 Å². The first-order valence-electron chi connectivity index (χ1n) is 5.25. The molecule has 0 aliphatic carbocycles. The third-order valence-corrected chi connectivity index (χ3v) is 2.26. The van der Waals surface area contributed by atoms with E-state index in [1.165, 1.54) is 0 Å². The lowest BCUT2D eigenvalue weighted by atomic mass is 10.1. The fourth-order valence-corrected chi connectivity index (χ4v) is 1.39. The Bertz CT molecular complexity index is 467. The summed E-state index contributed by atoms with van der Waals surface area (Å²) >= 11 is 0. The van der Waals surface area contributed by atoms with E-state index in [9.17, 15) is 0 Å². The average molecular weight is 218 g/mol. The van der Waals surface area contributed by atoms with Gasteiger partial charge in [-0.3, -0.25) is 4.98 Å². The summed E-state index contributed by atoms with van der Waals surface area (Å²) in [4.78, 5) is 8.34. The molecule has 0 amide bonds. The lowest BCUT2D eigenvalue weighted by Gasteiger charge is -1.97. The molecule has 2 heterocycles. The first-order chi connectivity index (χ1) is 7.81. The molecule has 1 N–H and O–H groups in total. The molecule has 2 aromatic heterocycles. The van der Waals surface area contributed by atoms with E-state index in [-0.39, 0.29) is 0 Å². The third-order valence-electron chi connectivity index (χ3n) is 2.26. The van der Waals surface area contributed by atoms with Gasteiger partial charge in [0, 0.05) is 18.0 Å². The molecule has 0 aromatic carbocycles. The second-order valence-electron chi connectivity index (χ2n) is 3.48. The smallest absolute Gasteiger partial charge is 0.240 e. The zero-order valence-corrected chi connectivity index (χ0v) is 9.40. The van der Waals surface area contributed by atoms with E-state index < -0.39 is 0 Å². The minimum absolute atomic E-state index is 0.605. The standard InChI is InChI=1S/C11H14N4O/c1-3-12-7-10-14-11(15-16-10)9-4-5-13-6-8(9)2/h4-6,12H,3,7H2,1-2H3. The average Bonchev–Trinajstić information content (AvgIpc) is 2.75. The van der Waals surface area contributed by atoms with E-state index in [1.807, 2.05) is 19.9 Å². The molecule has 0 radical (unpaired) electrons. The predicted molar refractivity (Wildman–Crippen MR) is 59.6 cm³/mol. The predicted octanol–water partition coefficient (Wildman–Crippen LogP) is 1.55. The molecule has 2 aromatic rings. The van der Waals surface area contributed by atoms with Crippen molar-refractivity contribution < 1.29 is 4.52 Å². The molecule has 0 aliphatic heterocycles. The molecule has 0 atom stereocenters. The molecule has 0 saturated heterocycles. The van der Waals surface area contributed by atoms with Gasteiger partial charge in [0.15, 0.2) is 0 Å². The molecular formula is C11H14N4O. The van der Waals surface area contributed by atoms with Crippen LogP contribution in [0, 0.1) is 6.92 Å². The zero-order chi connectivity index (χ0) is 11.4. The molecule has 0 fully saturated rings. The van der Waals surface area contributed by atoms with Gasteiger partial charge in [0.1, 0.15) is 0 Å². The van der Waals surface area contributed by atoms with Gasteiger partial charge in [0.05, 0.1) is 6.54 Å². The highest BCUT2D eigenvalue weighted by Gasteiger charge is 2.09. The van der Waals surface area contributed by atoms with Gasteiger partial charge in [-0.2, -0.15) is 4.98 Å². The molecular weight excluding hydrogens is 204 g/mol. The molecule has 0 bridgehead atoms. The monoisotopic (exact) mass is 218 g/mol. The molecule has 0 aliphatic rings. The number of rotatable bonds is 4. The normalized spacial score (nSPS) is 10.6. The molecule has 16 heavy (non-hydrogen) atoms. The van der Waals surface area contributed by atoms with Crippen LogP contribution in [0.25, 0.3) is 11.4 Å². The maximum absolute atomic E-state index is 5.13. The van der Waals surface area contributed by atoms with E-state index in [0.717, 1.165) is 17.7 Å². The SMILES string of the molecule is CCNCc1nc(-c2ccncc2C)no1. The van der Waals surface area contributed by atoms with Crippen LogP contribution in [0.1, 0.15) is 18.4 Å². The van der Waals surface area contributed by atoms with Crippen LogP contribution in [-0.4, -0.2) is 21.7 Å². The van der Waals surface area contributed by atoms with Crippen LogP contribution in [0.2, 0.25) is 0 Å². The number of nitrogens with one attached hydrogen (secondary N) is 1. The van der Waals surface area contributed by atoms with Crippen molar-refractivity contribution in [3.05, 3.63) is 29.9 Å². The van der Waals surface area contributed by atoms with E-state index in [4.69, 9.17) is 4.52 Å². The zero-order valence-electron chi connectivity index (χ0n) is 9.40. The Labute approximate surface area is 93.9 Å². The van der Waals surface area contributed by atoms with Gasteiger partial charge in [-0.05, 0) is 25.1 Å². The highest BCUT2D eigenvalue weighted by Crippen LogP contribution is 2.18. The Morgan fingerprint density at radius 2 is 2.31 bits per heavy atom. The Kier molecular flexibility index (Phi) is 3.26. The van der Waals surface area contributed by atoms with Crippen molar-refractivity contribution in [2.24, 2.45) is 0 Å². The summed E-state index contributed by atoms with van der Waals surface area (Å²) < 4.78 is 5.13. The summed E-state index contributed by atoms with van der Waals surface area (Å²) in [6.07, 6.45) is 3.51. The van der Waals surface area contributed by atoms with E-state index in [2.05, 4.69) is 20.4 Å². The van der Waals surface area contributed by atoms with Crippen molar-refractivity contribution in [2.75, 3.05) is 6.54 Å². The number of aromatic nitrogens is 3. The maximum Gasteiger partial charge on any atom is 0.240 e. The number of hydrogen-bond donors (Lipinski definition) is 1. The van der Waals surface area contributed by atoms with Gasteiger partial charge >= 0.3 is 0 Å². The summed E-state index contributed by atoms with van der Waals surface area (Å²) in [7, 11) is 0. The Hall–Kier alpha value is -1.75. The molecule has 0 spiro atoms. The summed E-state index contributed by atoms with van der Waals surface area (Å²) in [5, 5.41) is 7.08. The fraction of sp³-hybridized carbons (Fsp3) is 0.364. The molecule has 0 saturated carbocycles. The number of pyridine rings is 1. The van der Waals surface area contributed by atoms with Crippen molar-refractivity contribution in [1.82, 2.24) is 20.4 Å². The van der Waals surface area contributed by atoms with Crippen LogP contribution in [0.15, 0.2) is 23.0 Å². The van der Waals surface area contributed by atoms with E-state index in [0.29, 0.717) is 18.3 Å². The largest absolute Gasteiger partial charge is 0.338 e. The Balaban J connectivity index is 2.22. The topological polar surface area (TPSA) is 63.8 Å². The molecule has 5 heteroatoms. The fourth-order valence-electron chi connectivity index (χ4n) is 1.39. The molecule has 2 rings (SSSR count). The lowest BCUT2D eigenvalue weighted by Crippen LogP contribution is -2.11. The minimum Gasteiger partial charge on any atom is -0.338 e. The maximum atomic E-state index is 5.13. The number of hydrogen-bond acceptors (Lipinski definition) is 5. The summed E-state index contributed by atoms with van der Waals surface area (Å²) in [6, 6.07) is 1.89. The highest BCUT2D eigenvalue weighted by molar-refractivity contribution is 5.57. The second-order valence-corrected chi connectivity index (χ2v) is 3.48. The van der Waals surface area contributed by atoms with Crippen LogP contribution in [0.4, 0.5) is 0 Å². The molecule has 0 unspecified atom stereocenters. The number of nitrogens with zero attached hydrogens (tertiary/aromatic N) is 3. The van der Waals surface area contributed by atoms with Gasteiger partial charge in [-0.15, -0.1) is 0 Å². The Morgan fingerprint density at radius 1 is 1.44 bits per heavy atom. The van der Waals surface area contributed by atoms with Crippen LogP contribution < -0.4 is 5.32 Å². The van der Waals surface area contributed by atoms with E-state index >= 15 is 0 Å². The van der Waals surface area contributed by atoms with Crippen molar-refractivity contribution in [2.45, 2.75) is 20.4 Å². The van der Waals surface area contributed by atoms with Crippen molar-refractivity contribution in [3.63, 3.8) is 0 Å². The van der Waals surface area contributed by atoms with Crippen LogP contribution in [0.5, 0.6) is 0 Å².